The smallest absolute Gasteiger partial charge is 0.139 e. The maximum Gasteiger partial charge on any atom is 0.139 e. The van der Waals surface area contributed by atoms with E-state index in [1.807, 2.05) is 18.2 Å². The zero-order valence-electron chi connectivity index (χ0n) is 15.3. The summed E-state index contributed by atoms with van der Waals surface area (Å²) in [4.78, 5) is 3.54. The topological polar surface area (TPSA) is 15.8 Å². The lowest BCUT2D eigenvalue weighted by Gasteiger charge is -2.20. The van der Waals surface area contributed by atoms with Gasteiger partial charge in [0.15, 0.2) is 0 Å². The monoisotopic (exact) mass is 337 g/mol. The highest BCUT2D eigenvalue weighted by molar-refractivity contribution is 6.68. The van der Waals surface area contributed by atoms with Crippen molar-refractivity contribution in [3.05, 3.63) is 41.4 Å². The second-order valence-electron chi connectivity index (χ2n) is 7.08. The summed E-state index contributed by atoms with van der Waals surface area (Å²) in [6, 6.07) is 12.7. The molecule has 0 radical (unpaired) electrons. The number of H-pyrrole nitrogens is 1. The van der Waals surface area contributed by atoms with Crippen LogP contribution in [0.2, 0.25) is 5.02 Å². The average Bonchev–Trinajstić information content (AvgIpc) is 2.95. The summed E-state index contributed by atoms with van der Waals surface area (Å²) in [5, 5.41) is 3.17. The molecular formula is C18H17B5ClN. The standard InChI is InChI=1S/C18H17B5ClN/c19-14-13(15(20)17(22)18(23)16(14)21)7-1-3-9-10-6-8(24)2-4-11(10)25-12(9)5-7/h1-6,25H,19-23H2. The number of halogens is 1. The molecule has 1 nitrogen and oxygen atoms in total. The van der Waals surface area contributed by atoms with E-state index in [0.717, 1.165) is 16.1 Å². The summed E-state index contributed by atoms with van der Waals surface area (Å²) in [5.41, 5.74) is 11.8. The van der Waals surface area contributed by atoms with Gasteiger partial charge in [0.05, 0.1) is 0 Å². The van der Waals surface area contributed by atoms with E-state index in [0.29, 0.717) is 0 Å². The molecule has 1 aromatic heterocycles. The van der Waals surface area contributed by atoms with E-state index >= 15 is 0 Å². The van der Waals surface area contributed by atoms with Crippen molar-refractivity contribution >= 4 is 100.0 Å². The maximum absolute atomic E-state index is 6.18. The fourth-order valence-corrected chi connectivity index (χ4v) is 4.14. The Morgan fingerprint density at radius 3 is 1.96 bits per heavy atom. The van der Waals surface area contributed by atoms with E-state index < -0.39 is 0 Å². The highest BCUT2D eigenvalue weighted by Gasteiger charge is 2.14. The Morgan fingerprint density at radius 1 is 0.640 bits per heavy atom. The summed E-state index contributed by atoms with van der Waals surface area (Å²) in [6.07, 6.45) is 0. The van der Waals surface area contributed by atoms with E-state index in [2.05, 4.69) is 62.4 Å². The van der Waals surface area contributed by atoms with Crippen LogP contribution in [0.1, 0.15) is 0 Å². The fraction of sp³-hybridized carbons (Fsp3) is 0. The van der Waals surface area contributed by atoms with Crippen molar-refractivity contribution in [1.29, 1.82) is 0 Å². The lowest BCUT2D eigenvalue weighted by molar-refractivity contribution is 1.55. The van der Waals surface area contributed by atoms with Crippen molar-refractivity contribution in [3.8, 4) is 11.1 Å². The molecule has 0 saturated carbocycles. The van der Waals surface area contributed by atoms with Gasteiger partial charge in [0.1, 0.15) is 39.2 Å². The van der Waals surface area contributed by atoms with Crippen LogP contribution in [0.3, 0.4) is 0 Å². The van der Waals surface area contributed by atoms with E-state index in [1.165, 1.54) is 49.2 Å². The molecule has 0 saturated heterocycles. The van der Waals surface area contributed by atoms with Crippen molar-refractivity contribution in [3.63, 3.8) is 0 Å². The van der Waals surface area contributed by atoms with Crippen LogP contribution in [0.4, 0.5) is 0 Å². The number of aromatic nitrogens is 1. The van der Waals surface area contributed by atoms with Gasteiger partial charge >= 0.3 is 0 Å². The molecule has 116 valence electrons. The molecule has 4 rings (SSSR count). The maximum atomic E-state index is 6.18. The van der Waals surface area contributed by atoms with Gasteiger partial charge in [-0.15, -0.1) is 16.4 Å². The van der Waals surface area contributed by atoms with Gasteiger partial charge in [0, 0.05) is 26.8 Å². The van der Waals surface area contributed by atoms with Crippen molar-refractivity contribution in [2.24, 2.45) is 0 Å². The average molecular weight is 337 g/mol. The minimum atomic E-state index is 0.772. The Morgan fingerprint density at radius 2 is 1.28 bits per heavy atom. The van der Waals surface area contributed by atoms with Gasteiger partial charge in [0.25, 0.3) is 0 Å². The first-order valence-electron chi connectivity index (χ1n) is 8.67. The van der Waals surface area contributed by atoms with Crippen molar-refractivity contribution < 1.29 is 0 Å². The highest BCUT2D eigenvalue weighted by atomic mass is 35.5. The molecule has 0 unspecified atom stereocenters. The zero-order valence-corrected chi connectivity index (χ0v) is 16.1. The van der Waals surface area contributed by atoms with Crippen LogP contribution in [0.25, 0.3) is 32.9 Å². The lowest BCUT2D eigenvalue weighted by atomic mass is 9.59. The normalized spacial score (nSPS) is 11.4. The summed E-state index contributed by atoms with van der Waals surface area (Å²) in [7, 11) is 11.1. The molecule has 1 N–H and O–H groups in total. The van der Waals surface area contributed by atoms with E-state index in [1.54, 1.807) is 0 Å². The van der Waals surface area contributed by atoms with Crippen molar-refractivity contribution in [2.45, 2.75) is 0 Å². The van der Waals surface area contributed by atoms with Crippen molar-refractivity contribution in [1.82, 2.24) is 4.98 Å². The van der Waals surface area contributed by atoms with Gasteiger partial charge in [0.2, 0.25) is 0 Å². The first-order valence-corrected chi connectivity index (χ1v) is 9.04. The molecule has 7 heteroatoms. The molecule has 25 heavy (non-hydrogen) atoms. The first-order chi connectivity index (χ1) is 11.9. The minimum absolute atomic E-state index is 0.772. The van der Waals surface area contributed by atoms with E-state index in [-0.39, 0.29) is 0 Å². The van der Waals surface area contributed by atoms with Gasteiger partial charge in [-0.25, -0.2) is 0 Å². The number of rotatable bonds is 1. The van der Waals surface area contributed by atoms with Crippen LogP contribution in [-0.4, -0.2) is 44.2 Å². The molecule has 3 aromatic carbocycles. The van der Waals surface area contributed by atoms with E-state index in [9.17, 15) is 0 Å². The SMILES string of the molecule is Bc1c(B)c(B)c(-c2ccc3c(c2)[nH]c2ccc(Cl)cc23)c(B)c1B. The number of fused-ring (bicyclic) bond motifs is 3. The molecule has 0 spiro atoms. The molecule has 0 amide bonds. The van der Waals surface area contributed by atoms with Gasteiger partial charge < -0.3 is 4.98 Å². The van der Waals surface area contributed by atoms with Crippen LogP contribution in [0.5, 0.6) is 0 Å². The largest absolute Gasteiger partial charge is 0.354 e. The third kappa shape index (κ3) is 2.46. The van der Waals surface area contributed by atoms with Crippen LogP contribution in [0.15, 0.2) is 36.4 Å². The number of nitrogens with one attached hydrogen (secondary N) is 1. The molecule has 4 aromatic rings. The summed E-state index contributed by atoms with van der Waals surface area (Å²) in [5.74, 6) is 0. The Hall–Kier alpha value is -1.93. The first kappa shape index (κ1) is 16.5. The second-order valence-corrected chi connectivity index (χ2v) is 7.51. The number of benzene rings is 3. The second kappa shape index (κ2) is 5.81. The molecule has 0 atom stereocenters. The predicted octanol–water partition coefficient (Wildman–Crippen LogP) is -3.07. The number of hydrogen-bond donors (Lipinski definition) is 1. The van der Waals surface area contributed by atoms with Gasteiger partial charge in [-0.1, -0.05) is 34.7 Å². The van der Waals surface area contributed by atoms with Crippen LogP contribution < -0.4 is 27.3 Å². The Bertz CT molecular complexity index is 1140. The van der Waals surface area contributed by atoms with E-state index in [4.69, 9.17) is 11.6 Å². The summed E-state index contributed by atoms with van der Waals surface area (Å²) in [6.45, 7) is 0. The highest BCUT2D eigenvalue weighted by Crippen LogP contribution is 2.30. The molecule has 0 aliphatic heterocycles. The summed E-state index contributed by atoms with van der Waals surface area (Å²) < 4.78 is 0. The summed E-state index contributed by atoms with van der Waals surface area (Å²) >= 11 is 6.18. The Kier molecular flexibility index (Phi) is 3.84. The minimum Gasteiger partial charge on any atom is -0.354 e. The molecule has 0 aliphatic rings. The van der Waals surface area contributed by atoms with Crippen LogP contribution >= 0.6 is 11.6 Å². The molecule has 0 fully saturated rings. The number of hydrogen-bond acceptors (Lipinski definition) is 0. The number of aromatic amines is 1. The van der Waals surface area contributed by atoms with Gasteiger partial charge in [-0.3, -0.25) is 0 Å². The third-order valence-electron chi connectivity index (χ3n) is 5.85. The van der Waals surface area contributed by atoms with Crippen molar-refractivity contribution in [2.75, 3.05) is 0 Å². The molecule has 0 aliphatic carbocycles. The lowest BCUT2D eigenvalue weighted by Crippen LogP contribution is -2.55. The van der Waals surface area contributed by atoms with Gasteiger partial charge in [-0.2, -0.15) is 0 Å². The predicted molar refractivity (Wildman–Crippen MR) is 127 cm³/mol. The molecule has 0 bridgehead atoms. The fourth-order valence-electron chi connectivity index (χ4n) is 3.96. The zero-order chi connectivity index (χ0) is 17.9. The van der Waals surface area contributed by atoms with Crippen LogP contribution in [-0.2, 0) is 0 Å². The molecule has 1 heterocycles. The Labute approximate surface area is 157 Å². The van der Waals surface area contributed by atoms with Crippen LogP contribution in [0, 0.1) is 0 Å². The Balaban J connectivity index is 2.02. The third-order valence-corrected chi connectivity index (χ3v) is 6.08. The quantitative estimate of drug-likeness (QED) is 0.355. The molecular weight excluding hydrogens is 320 g/mol. The van der Waals surface area contributed by atoms with Gasteiger partial charge in [-0.05, 0) is 35.4 Å².